The number of carbonyl (C=O) groups is 1. The van der Waals surface area contributed by atoms with Crippen LogP contribution in [0.5, 0.6) is 11.5 Å². The molecule has 0 radical (unpaired) electrons. The van der Waals surface area contributed by atoms with Gasteiger partial charge in [-0.05, 0) is 17.7 Å². The SMILES string of the molecule is COc1ccc([C@@H]2[C@H](N)C(=O)N2C)cc1OC. The van der Waals surface area contributed by atoms with E-state index in [9.17, 15) is 4.79 Å². The summed E-state index contributed by atoms with van der Waals surface area (Å²) in [7, 11) is 4.91. The second-order valence-corrected chi connectivity index (χ2v) is 4.03. The molecule has 1 aromatic rings. The predicted octanol–water partition coefficient (Wildman–Crippen LogP) is 0.544. The summed E-state index contributed by atoms with van der Waals surface area (Å²) in [5.74, 6) is 1.27. The van der Waals surface area contributed by atoms with Gasteiger partial charge >= 0.3 is 0 Å². The first kappa shape index (κ1) is 11.7. The Bertz CT molecular complexity index is 435. The fraction of sp³-hybridized carbons (Fsp3) is 0.417. The van der Waals surface area contributed by atoms with E-state index in [2.05, 4.69) is 0 Å². The molecule has 0 unspecified atom stereocenters. The highest BCUT2D eigenvalue weighted by molar-refractivity contribution is 5.89. The van der Waals surface area contributed by atoms with Crippen LogP contribution in [0.4, 0.5) is 0 Å². The second-order valence-electron chi connectivity index (χ2n) is 4.03. The Hall–Kier alpha value is -1.75. The number of methoxy groups -OCH3 is 2. The Kier molecular flexibility index (Phi) is 2.93. The van der Waals surface area contributed by atoms with E-state index in [1.165, 1.54) is 0 Å². The number of nitrogens with two attached hydrogens (primary N) is 1. The van der Waals surface area contributed by atoms with Gasteiger partial charge in [0.1, 0.15) is 6.04 Å². The lowest BCUT2D eigenvalue weighted by atomic mass is 9.90. The maximum absolute atomic E-state index is 11.4. The molecule has 5 heteroatoms. The van der Waals surface area contributed by atoms with Crippen LogP contribution in [0.1, 0.15) is 11.6 Å². The van der Waals surface area contributed by atoms with E-state index in [-0.39, 0.29) is 11.9 Å². The van der Waals surface area contributed by atoms with Gasteiger partial charge in [0, 0.05) is 7.05 Å². The second kappa shape index (κ2) is 4.25. The Morgan fingerprint density at radius 1 is 1.24 bits per heavy atom. The molecule has 0 aliphatic carbocycles. The third-order valence-electron chi connectivity index (χ3n) is 3.14. The molecular weight excluding hydrogens is 220 g/mol. The third kappa shape index (κ3) is 1.72. The molecule has 2 N–H and O–H groups in total. The van der Waals surface area contributed by atoms with Gasteiger partial charge in [0.15, 0.2) is 11.5 Å². The van der Waals surface area contributed by atoms with Gasteiger partial charge in [-0.3, -0.25) is 4.79 Å². The van der Waals surface area contributed by atoms with E-state index in [1.807, 2.05) is 18.2 Å². The van der Waals surface area contributed by atoms with Gasteiger partial charge in [0.05, 0.1) is 20.3 Å². The summed E-state index contributed by atoms with van der Waals surface area (Å²) >= 11 is 0. The van der Waals surface area contributed by atoms with Crippen molar-refractivity contribution < 1.29 is 14.3 Å². The molecule has 2 atom stereocenters. The van der Waals surface area contributed by atoms with Crippen molar-refractivity contribution in [2.24, 2.45) is 5.73 Å². The van der Waals surface area contributed by atoms with Crippen molar-refractivity contribution in [2.45, 2.75) is 12.1 Å². The number of amides is 1. The monoisotopic (exact) mass is 236 g/mol. The minimum Gasteiger partial charge on any atom is -0.493 e. The van der Waals surface area contributed by atoms with E-state index in [0.717, 1.165) is 5.56 Å². The molecule has 92 valence electrons. The van der Waals surface area contributed by atoms with Crippen LogP contribution in [-0.4, -0.2) is 38.1 Å². The van der Waals surface area contributed by atoms with Gasteiger partial charge in [-0.2, -0.15) is 0 Å². The van der Waals surface area contributed by atoms with Crippen molar-refractivity contribution in [1.82, 2.24) is 4.90 Å². The maximum atomic E-state index is 11.4. The topological polar surface area (TPSA) is 64.8 Å². The molecule has 1 fully saturated rings. The zero-order chi connectivity index (χ0) is 12.6. The number of hydrogen-bond donors (Lipinski definition) is 1. The van der Waals surface area contributed by atoms with Crippen LogP contribution in [0, 0.1) is 0 Å². The first-order valence-corrected chi connectivity index (χ1v) is 5.34. The molecule has 1 amide bonds. The zero-order valence-corrected chi connectivity index (χ0v) is 10.1. The van der Waals surface area contributed by atoms with Gasteiger partial charge in [0.2, 0.25) is 5.91 Å². The predicted molar refractivity (Wildman–Crippen MR) is 63.0 cm³/mol. The Morgan fingerprint density at radius 2 is 1.88 bits per heavy atom. The minimum atomic E-state index is -0.460. The summed E-state index contributed by atoms with van der Waals surface area (Å²) in [6, 6.07) is 5.03. The number of benzene rings is 1. The number of ether oxygens (including phenoxy) is 2. The molecule has 0 spiro atoms. The van der Waals surface area contributed by atoms with Gasteiger partial charge in [-0.25, -0.2) is 0 Å². The van der Waals surface area contributed by atoms with Crippen LogP contribution in [0.3, 0.4) is 0 Å². The summed E-state index contributed by atoms with van der Waals surface area (Å²) in [6.07, 6.45) is 0. The molecule has 0 aromatic heterocycles. The van der Waals surface area contributed by atoms with Crippen LogP contribution in [0.25, 0.3) is 0 Å². The van der Waals surface area contributed by atoms with Crippen LogP contribution < -0.4 is 15.2 Å². The Balaban J connectivity index is 2.31. The highest BCUT2D eigenvalue weighted by Gasteiger charge is 2.43. The number of nitrogens with zero attached hydrogens (tertiary/aromatic N) is 1. The normalized spacial score (nSPS) is 23.3. The number of rotatable bonds is 3. The summed E-state index contributed by atoms with van der Waals surface area (Å²) in [6.45, 7) is 0. The lowest BCUT2D eigenvalue weighted by molar-refractivity contribution is -0.147. The molecule has 1 saturated heterocycles. The van der Waals surface area contributed by atoms with Crippen LogP contribution >= 0.6 is 0 Å². The average Bonchev–Trinajstić information content (AvgIpc) is 2.38. The summed E-state index contributed by atoms with van der Waals surface area (Å²) in [5.41, 5.74) is 6.74. The number of β-lactam (4-membered cyclic amide) rings is 1. The van der Waals surface area contributed by atoms with E-state index < -0.39 is 6.04 Å². The lowest BCUT2D eigenvalue weighted by Crippen LogP contribution is -2.61. The van der Waals surface area contributed by atoms with Crippen LogP contribution in [0.2, 0.25) is 0 Å². The van der Waals surface area contributed by atoms with Crippen LogP contribution in [-0.2, 0) is 4.79 Å². The van der Waals surface area contributed by atoms with Gasteiger partial charge < -0.3 is 20.1 Å². The molecule has 5 nitrogen and oxygen atoms in total. The molecule has 1 aromatic carbocycles. The number of carbonyl (C=O) groups excluding carboxylic acids is 1. The van der Waals surface area contributed by atoms with Crippen molar-refractivity contribution in [2.75, 3.05) is 21.3 Å². The maximum Gasteiger partial charge on any atom is 0.242 e. The molecule has 0 bridgehead atoms. The first-order chi connectivity index (χ1) is 8.10. The minimum absolute atomic E-state index is 0.0372. The standard InChI is InChI=1S/C12H16N2O3/c1-14-11(10(13)12(14)15)7-4-5-8(16-2)9(6-7)17-3/h4-6,10-11H,13H2,1-3H3/t10-,11+/m0/s1. The summed E-state index contributed by atoms with van der Waals surface area (Å²) < 4.78 is 10.4. The van der Waals surface area contributed by atoms with E-state index in [4.69, 9.17) is 15.2 Å². The average molecular weight is 236 g/mol. The number of likely N-dealkylation sites (tertiary alicyclic amines) is 1. The zero-order valence-electron chi connectivity index (χ0n) is 10.1. The quantitative estimate of drug-likeness (QED) is 0.778. The Morgan fingerprint density at radius 3 is 2.41 bits per heavy atom. The highest BCUT2D eigenvalue weighted by Crippen LogP contribution is 2.36. The molecule has 1 aliphatic heterocycles. The number of hydrogen-bond acceptors (Lipinski definition) is 4. The molecular formula is C12H16N2O3. The lowest BCUT2D eigenvalue weighted by Gasteiger charge is -2.43. The fourth-order valence-electron chi connectivity index (χ4n) is 2.13. The Labute approximate surface area is 100 Å². The number of likely N-dealkylation sites (N-methyl/N-ethyl adjacent to an activating group) is 1. The van der Waals surface area contributed by atoms with Crippen molar-refractivity contribution in [3.05, 3.63) is 23.8 Å². The first-order valence-electron chi connectivity index (χ1n) is 5.34. The van der Waals surface area contributed by atoms with Crippen molar-refractivity contribution in [1.29, 1.82) is 0 Å². The fourth-order valence-corrected chi connectivity index (χ4v) is 2.13. The third-order valence-corrected chi connectivity index (χ3v) is 3.14. The van der Waals surface area contributed by atoms with Crippen LogP contribution in [0.15, 0.2) is 18.2 Å². The molecule has 1 aliphatic rings. The van der Waals surface area contributed by atoms with Gasteiger partial charge in [-0.15, -0.1) is 0 Å². The summed E-state index contributed by atoms with van der Waals surface area (Å²) in [4.78, 5) is 13.0. The smallest absolute Gasteiger partial charge is 0.242 e. The van der Waals surface area contributed by atoms with Crippen molar-refractivity contribution >= 4 is 5.91 Å². The molecule has 2 rings (SSSR count). The van der Waals surface area contributed by atoms with E-state index >= 15 is 0 Å². The van der Waals surface area contributed by atoms with Crippen molar-refractivity contribution in [3.8, 4) is 11.5 Å². The van der Waals surface area contributed by atoms with E-state index in [1.54, 1.807) is 26.2 Å². The van der Waals surface area contributed by atoms with Gasteiger partial charge in [-0.1, -0.05) is 6.07 Å². The van der Waals surface area contributed by atoms with Crippen molar-refractivity contribution in [3.63, 3.8) is 0 Å². The summed E-state index contributed by atoms with van der Waals surface area (Å²) in [5, 5.41) is 0. The molecule has 0 saturated carbocycles. The molecule has 17 heavy (non-hydrogen) atoms. The largest absolute Gasteiger partial charge is 0.493 e. The van der Waals surface area contributed by atoms with E-state index in [0.29, 0.717) is 11.5 Å². The van der Waals surface area contributed by atoms with Gasteiger partial charge in [0.25, 0.3) is 0 Å². The molecule has 1 heterocycles. The highest BCUT2D eigenvalue weighted by atomic mass is 16.5.